The molecule has 2 N–H and O–H groups in total. The van der Waals surface area contributed by atoms with E-state index < -0.39 is 12.2 Å². The number of carbonyl (C=O) groups excluding carboxylic acids is 2. The van der Waals surface area contributed by atoms with Crippen LogP contribution in [0, 0.1) is 5.92 Å². The molecule has 2 aliphatic rings. The first-order chi connectivity index (χ1) is 12.0. The molecule has 0 spiro atoms. The summed E-state index contributed by atoms with van der Waals surface area (Å²) >= 11 is 0. The molecule has 0 aromatic heterocycles. The van der Waals surface area contributed by atoms with Crippen molar-refractivity contribution in [1.29, 1.82) is 0 Å². The van der Waals surface area contributed by atoms with Gasteiger partial charge >= 0.3 is 0 Å². The molecule has 0 unspecified atom stereocenters. The van der Waals surface area contributed by atoms with Gasteiger partial charge in [-0.15, -0.1) is 0 Å². The van der Waals surface area contributed by atoms with Gasteiger partial charge in [0, 0.05) is 16.7 Å². The Hall–Kier alpha value is -2.50. The van der Waals surface area contributed by atoms with E-state index >= 15 is 0 Å². The number of aliphatic hydroxyl groups is 2. The van der Waals surface area contributed by atoms with E-state index in [0.29, 0.717) is 23.3 Å². The lowest BCUT2D eigenvalue weighted by atomic mass is 9.73. The summed E-state index contributed by atoms with van der Waals surface area (Å²) in [5.74, 6) is -0.387. The maximum absolute atomic E-state index is 13.1. The van der Waals surface area contributed by atoms with Gasteiger partial charge in [0.15, 0.2) is 11.6 Å². The molecule has 0 amide bonds. The molecule has 25 heavy (non-hydrogen) atoms. The van der Waals surface area contributed by atoms with E-state index in [1.54, 1.807) is 30.3 Å². The Balaban J connectivity index is 2.01. The zero-order chi connectivity index (χ0) is 17.9. The van der Waals surface area contributed by atoms with Gasteiger partial charge in [0.2, 0.25) is 0 Å². The zero-order valence-electron chi connectivity index (χ0n) is 13.9. The minimum atomic E-state index is -0.882. The van der Waals surface area contributed by atoms with Gasteiger partial charge in [-0.3, -0.25) is 9.59 Å². The third kappa shape index (κ3) is 2.09. The Morgan fingerprint density at radius 2 is 1.68 bits per heavy atom. The second-order valence-electron chi connectivity index (χ2n) is 6.71. The number of carbonyl (C=O) groups is 2. The van der Waals surface area contributed by atoms with Gasteiger partial charge in [-0.25, -0.2) is 0 Å². The average Bonchev–Trinajstić information content (AvgIpc) is 2.62. The highest BCUT2D eigenvalue weighted by Gasteiger charge is 2.40. The summed E-state index contributed by atoms with van der Waals surface area (Å²) in [7, 11) is 1.46. The molecule has 4 rings (SSSR count). The van der Waals surface area contributed by atoms with Crippen molar-refractivity contribution >= 4 is 11.6 Å². The normalized spacial score (nSPS) is 24.4. The lowest BCUT2D eigenvalue weighted by Crippen LogP contribution is -2.29. The second-order valence-corrected chi connectivity index (χ2v) is 6.71. The number of ether oxygens (including phenoxy) is 1. The Labute approximate surface area is 144 Å². The molecule has 2 aromatic carbocycles. The SMILES string of the molecule is COc1cccc2c1C(=O)c1ccc3c(c1C2=O)[C@@H](O)C[C@@H](C)[C@@H]3O. The minimum Gasteiger partial charge on any atom is -0.496 e. The van der Waals surface area contributed by atoms with Crippen LogP contribution < -0.4 is 4.74 Å². The van der Waals surface area contributed by atoms with Gasteiger partial charge in [0.25, 0.3) is 0 Å². The van der Waals surface area contributed by atoms with Gasteiger partial charge in [-0.05, 0) is 35.6 Å². The summed E-state index contributed by atoms with van der Waals surface area (Å²) in [6, 6.07) is 8.11. The topological polar surface area (TPSA) is 83.8 Å². The highest BCUT2D eigenvalue weighted by Crippen LogP contribution is 2.45. The van der Waals surface area contributed by atoms with Crippen LogP contribution in [0.25, 0.3) is 0 Å². The third-order valence-electron chi connectivity index (χ3n) is 5.25. The second kappa shape index (κ2) is 5.51. The molecule has 0 radical (unpaired) electrons. The van der Waals surface area contributed by atoms with E-state index in [-0.39, 0.29) is 39.7 Å². The summed E-state index contributed by atoms with van der Waals surface area (Å²) in [6.07, 6.45) is -1.30. The van der Waals surface area contributed by atoms with Gasteiger partial charge in [0.05, 0.1) is 24.9 Å². The van der Waals surface area contributed by atoms with Crippen molar-refractivity contribution in [1.82, 2.24) is 0 Å². The maximum Gasteiger partial charge on any atom is 0.198 e. The van der Waals surface area contributed by atoms with Gasteiger partial charge < -0.3 is 14.9 Å². The molecule has 5 nitrogen and oxygen atoms in total. The van der Waals surface area contributed by atoms with Crippen LogP contribution in [0.5, 0.6) is 5.75 Å². The fourth-order valence-corrected chi connectivity index (χ4v) is 3.99. The van der Waals surface area contributed by atoms with Crippen LogP contribution in [0.3, 0.4) is 0 Å². The van der Waals surface area contributed by atoms with E-state index in [1.165, 1.54) is 7.11 Å². The van der Waals surface area contributed by atoms with Crippen LogP contribution >= 0.6 is 0 Å². The summed E-state index contributed by atoms with van der Waals surface area (Å²) in [5, 5.41) is 21.0. The highest BCUT2D eigenvalue weighted by molar-refractivity contribution is 6.30. The minimum absolute atomic E-state index is 0.123. The van der Waals surface area contributed by atoms with Crippen LogP contribution in [0.1, 0.15) is 68.5 Å². The summed E-state index contributed by atoms with van der Waals surface area (Å²) in [6.45, 7) is 1.85. The van der Waals surface area contributed by atoms with Crippen LogP contribution in [0.4, 0.5) is 0 Å². The molecular weight excluding hydrogens is 320 g/mol. The molecule has 2 aliphatic carbocycles. The number of fused-ring (bicyclic) bond motifs is 4. The van der Waals surface area contributed by atoms with Crippen LogP contribution in [0.2, 0.25) is 0 Å². The lowest BCUT2D eigenvalue weighted by molar-refractivity contribution is 0.0459. The number of ketones is 2. The molecule has 0 heterocycles. The van der Waals surface area contributed by atoms with Crippen molar-refractivity contribution in [2.24, 2.45) is 5.92 Å². The summed E-state index contributed by atoms with van der Waals surface area (Å²) < 4.78 is 5.25. The van der Waals surface area contributed by atoms with E-state index in [2.05, 4.69) is 0 Å². The number of rotatable bonds is 1. The lowest BCUT2D eigenvalue weighted by Gasteiger charge is -2.34. The summed E-state index contributed by atoms with van der Waals surface area (Å²) in [4.78, 5) is 26.1. The first-order valence-electron chi connectivity index (χ1n) is 8.25. The molecule has 3 atom stereocenters. The fourth-order valence-electron chi connectivity index (χ4n) is 3.99. The largest absolute Gasteiger partial charge is 0.496 e. The van der Waals surface area contributed by atoms with Gasteiger partial charge in [-0.1, -0.05) is 25.1 Å². The van der Waals surface area contributed by atoms with Crippen molar-refractivity contribution in [3.05, 3.63) is 63.7 Å². The third-order valence-corrected chi connectivity index (χ3v) is 5.25. The van der Waals surface area contributed by atoms with Crippen LogP contribution in [-0.2, 0) is 0 Å². The molecule has 5 heteroatoms. The first-order valence-corrected chi connectivity index (χ1v) is 8.25. The maximum atomic E-state index is 13.1. The molecule has 0 bridgehead atoms. The predicted molar refractivity (Wildman–Crippen MR) is 90.0 cm³/mol. The molecular formula is C20H18O5. The molecule has 0 saturated heterocycles. The summed E-state index contributed by atoms with van der Waals surface area (Å²) in [5.41, 5.74) is 1.89. The van der Waals surface area contributed by atoms with Crippen molar-refractivity contribution in [2.45, 2.75) is 25.6 Å². The predicted octanol–water partition coefficient (Wildman–Crippen LogP) is 2.58. The molecule has 128 valence electrons. The van der Waals surface area contributed by atoms with Crippen LogP contribution in [-0.4, -0.2) is 28.9 Å². The van der Waals surface area contributed by atoms with E-state index in [9.17, 15) is 19.8 Å². The number of hydrogen-bond donors (Lipinski definition) is 2. The number of methoxy groups -OCH3 is 1. The van der Waals surface area contributed by atoms with Crippen molar-refractivity contribution < 1.29 is 24.5 Å². The monoisotopic (exact) mass is 338 g/mol. The number of aliphatic hydroxyl groups excluding tert-OH is 2. The molecule has 0 fully saturated rings. The van der Waals surface area contributed by atoms with Gasteiger partial charge in [0.1, 0.15) is 5.75 Å². The molecule has 0 saturated carbocycles. The van der Waals surface area contributed by atoms with E-state index in [1.807, 2.05) is 6.92 Å². The Kier molecular flexibility index (Phi) is 3.52. The van der Waals surface area contributed by atoms with Crippen molar-refractivity contribution in [3.63, 3.8) is 0 Å². The average molecular weight is 338 g/mol. The molecule has 2 aromatic rings. The number of hydrogen-bond acceptors (Lipinski definition) is 5. The van der Waals surface area contributed by atoms with Crippen LogP contribution in [0.15, 0.2) is 30.3 Å². The molecule has 0 aliphatic heterocycles. The van der Waals surface area contributed by atoms with E-state index in [0.717, 1.165) is 0 Å². The smallest absolute Gasteiger partial charge is 0.198 e. The highest BCUT2D eigenvalue weighted by atomic mass is 16.5. The number of benzene rings is 2. The van der Waals surface area contributed by atoms with Crippen molar-refractivity contribution in [3.8, 4) is 5.75 Å². The standard InChI is InChI=1S/C20H18O5/c1-9-8-13(21)15-11(18(9)22)6-7-12-17(15)20(24)10-4-3-5-14(25-2)16(10)19(12)23/h3-7,9,13,18,21-22H,8H2,1-2H3/t9-,13+,18+/m1/s1. The van der Waals surface area contributed by atoms with Gasteiger partial charge in [-0.2, -0.15) is 0 Å². The van der Waals surface area contributed by atoms with Crippen molar-refractivity contribution in [2.75, 3.05) is 7.11 Å². The first kappa shape index (κ1) is 16.0. The Morgan fingerprint density at radius 3 is 2.40 bits per heavy atom. The quantitative estimate of drug-likeness (QED) is 0.712. The zero-order valence-corrected chi connectivity index (χ0v) is 13.9. The Morgan fingerprint density at radius 1 is 1.00 bits per heavy atom. The fraction of sp³-hybridized carbons (Fsp3) is 0.300. The van der Waals surface area contributed by atoms with E-state index in [4.69, 9.17) is 4.74 Å². The Bertz CT molecular complexity index is 915.